The third-order valence-corrected chi connectivity index (χ3v) is 3.36. The van der Waals surface area contributed by atoms with E-state index in [1.54, 1.807) is 6.07 Å². The van der Waals surface area contributed by atoms with Gasteiger partial charge in [-0.25, -0.2) is 4.39 Å². The first-order valence-electron chi connectivity index (χ1n) is 6.13. The maximum absolute atomic E-state index is 13.2. The van der Waals surface area contributed by atoms with Gasteiger partial charge in [0.2, 0.25) is 0 Å². The minimum atomic E-state index is -0.173. The molecule has 0 amide bonds. The van der Waals surface area contributed by atoms with E-state index < -0.39 is 0 Å². The van der Waals surface area contributed by atoms with E-state index in [2.05, 4.69) is 35.1 Å². The van der Waals surface area contributed by atoms with Gasteiger partial charge in [0.1, 0.15) is 5.82 Å². The van der Waals surface area contributed by atoms with Gasteiger partial charge in [0, 0.05) is 10.5 Å². The zero-order valence-corrected chi connectivity index (χ0v) is 12.3. The van der Waals surface area contributed by atoms with Crippen molar-refractivity contribution in [1.29, 1.82) is 0 Å². The predicted molar refractivity (Wildman–Crippen MR) is 74.7 cm³/mol. The Hall–Kier alpha value is -0.410. The Bertz CT molecular complexity index is 332. The van der Waals surface area contributed by atoms with Crippen LogP contribution in [0.1, 0.15) is 32.3 Å². The average Bonchev–Trinajstić information content (AvgIpc) is 2.22. The first kappa shape index (κ1) is 14.7. The molecular weight excluding hydrogens is 281 g/mol. The molecular formula is C14H21BrFN. The van der Waals surface area contributed by atoms with E-state index in [1.165, 1.54) is 12.5 Å². The van der Waals surface area contributed by atoms with E-state index in [0.717, 1.165) is 22.9 Å². The van der Waals surface area contributed by atoms with Crippen LogP contribution >= 0.6 is 15.9 Å². The summed E-state index contributed by atoms with van der Waals surface area (Å²) in [7, 11) is 1.97. The lowest BCUT2D eigenvalue weighted by atomic mass is 9.98. The normalized spacial score (nSPS) is 13.1. The second kappa shape index (κ2) is 7.12. The summed E-state index contributed by atoms with van der Waals surface area (Å²) in [6.07, 6.45) is 3.20. The first-order valence-corrected chi connectivity index (χ1v) is 6.92. The van der Waals surface area contributed by atoms with Crippen LogP contribution in [-0.2, 0) is 6.42 Å². The van der Waals surface area contributed by atoms with E-state index in [-0.39, 0.29) is 5.82 Å². The standard InChI is InChI=1S/C14H21BrFN/c1-10(2)4-5-14(17-3)8-11-6-12(15)9-13(16)7-11/h6-7,9-10,14,17H,4-5,8H2,1-3H3. The summed E-state index contributed by atoms with van der Waals surface area (Å²) in [6, 6.07) is 5.52. The van der Waals surface area contributed by atoms with Crippen molar-refractivity contribution in [2.24, 2.45) is 5.92 Å². The molecule has 0 aliphatic heterocycles. The molecule has 1 nitrogen and oxygen atoms in total. The van der Waals surface area contributed by atoms with Gasteiger partial charge >= 0.3 is 0 Å². The molecule has 0 fully saturated rings. The van der Waals surface area contributed by atoms with Gasteiger partial charge in [-0.3, -0.25) is 0 Å². The zero-order valence-electron chi connectivity index (χ0n) is 10.8. The molecule has 0 radical (unpaired) electrons. The van der Waals surface area contributed by atoms with Crippen LogP contribution in [-0.4, -0.2) is 13.1 Å². The highest BCUT2D eigenvalue weighted by molar-refractivity contribution is 9.10. The molecule has 3 heteroatoms. The highest BCUT2D eigenvalue weighted by Crippen LogP contribution is 2.18. The molecule has 0 saturated carbocycles. The van der Waals surface area contributed by atoms with E-state index in [4.69, 9.17) is 0 Å². The summed E-state index contributed by atoms with van der Waals surface area (Å²) >= 11 is 3.33. The van der Waals surface area contributed by atoms with Gasteiger partial charge in [0.05, 0.1) is 0 Å². The minimum Gasteiger partial charge on any atom is -0.317 e. The van der Waals surface area contributed by atoms with Gasteiger partial charge in [-0.2, -0.15) is 0 Å². The summed E-state index contributed by atoms with van der Waals surface area (Å²) in [4.78, 5) is 0. The van der Waals surface area contributed by atoms with Crippen molar-refractivity contribution in [2.45, 2.75) is 39.2 Å². The number of rotatable bonds is 6. The van der Waals surface area contributed by atoms with Crippen LogP contribution in [0.15, 0.2) is 22.7 Å². The Labute approximate surface area is 112 Å². The summed E-state index contributed by atoms with van der Waals surface area (Å²) in [6.45, 7) is 4.46. The summed E-state index contributed by atoms with van der Waals surface area (Å²) in [5.74, 6) is 0.540. The van der Waals surface area contributed by atoms with Crippen molar-refractivity contribution >= 4 is 15.9 Å². The second-order valence-corrected chi connectivity index (χ2v) is 5.85. The fourth-order valence-electron chi connectivity index (χ4n) is 1.90. The van der Waals surface area contributed by atoms with Crippen molar-refractivity contribution < 1.29 is 4.39 Å². The quantitative estimate of drug-likeness (QED) is 0.832. The molecule has 0 heterocycles. The maximum atomic E-state index is 13.2. The number of benzene rings is 1. The highest BCUT2D eigenvalue weighted by Gasteiger charge is 2.09. The number of nitrogens with one attached hydrogen (secondary N) is 1. The molecule has 96 valence electrons. The van der Waals surface area contributed by atoms with Crippen LogP contribution in [0.4, 0.5) is 4.39 Å². The largest absolute Gasteiger partial charge is 0.317 e. The SMILES string of the molecule is CNC(CCC(C)C)Cc1cc(F)cc(Br)c1. The molecule has 1 rings (SSSR count). The molecule has 0 spiro atoms. The number of hydrogen-bond donors (Lipinski definition) is 1. The fourth-order valence-corrected chi connectivity index (χ4v) is 2.41. The average molecular weight is 302 g/mol. The lowest BCUT2D eigenvalue weighted by molar-refractivity contribution is 0.450. The lowest BCUT2D eigenvalue weighted by Crippen LogP contribution is -2.28. The van der Waals surface area contributed by atoms with Gasteiger partial charge in [0.25, 0.3) is 0 Å². The van der Waals surface area contributed by atoms with Crippen molar-refractivity contribution in [1.82, 2.24) is 5.32 Å². The molecule has 1 atom stereocenters. The Morgan fingerprint density at radius 1 is 1.24 bits per heavy atom. The Morgan fingerprint density at radius 3 is 2.47 bits per heavy atom. The summed E-state index contributed by atoms with van der Waals surface area (Å²) in [5, 5.41) is 3.31. The van der Waals surface area contributed by atoms with Gasteiger partial charge in [0.15, 0.2) is 0 Å². The third-order valence-electron chi connectivity index (χ3n) is 2.91. The van der Waals surface area contributed by atoms with Crippen molar-refractivity contribution in [2.75, 3.05) is 7.05 Å². The second-order valence-electron chi connectivity index (χ2n) is 4.94. The van der Waals surface area contributed by atoms with E-state index >= 15 is 0 Å². The van der Waals surface area contributed by atoms with Crippen LogP contribution in [0.5, 0.6) is 0 Å². The summed E-state index contributed by atoms with van der Waals surface area (Å²) in [5.41, 5.74) is 1.04. The molecule has 0 aromatic heterocycles. The van der Waals surface area contributed by atoms with E-state index in [1.807, 2.05) is 13.1 Å². The van der Waals surface area contributed by atoms with E-state index in [0.29, 0.717) is 12.0 Å². The van der Waals surface area contributed by atoms with Gasteiger partial charge in [-0.15, -0.1) is 0 Å². The zero-order chi connectivity index (χ0) is 12.8. The van der Waals surface area contributed by atoms with Crippen molar-refractivity contribution in [3.8, 4) is 0 Å². The Kier molecular flexibility index (Phi) is 6.14. The number of halogens is 2. The summed E-state index contributed by atoms with van der Waals surface area (Å²) < 4.78 is 14.1. The Morgan fingerprint density at radius 2 is 1.94 bits per heavy atom. The maximum Gasteiger partial charge on any atom is 0.124 e. The lowest BCUT2D eigenvalue weighted by Gasteiger charge is -2.17. The smallest absolute Gasteiger partial charge is 0.124 e. The van der Waals surface area contributed by atoms with Gasteiger partial charge in [-0.05, 0) is 56.0 Å². The van der Waals surface area contributed by atoms with Crippen LogP contribution in [0.3, 0.4) is 0 Å². The van der Waals surface area contributed by atoms with Gasteiger partial charge in [-0.1, -0.05) is 29.8 Å². The van der Waals surface area contributed by atoms with E-state index in [9.17, 15) is 4.39 Å². The van der Waals surface area contributed by atoms with Crippen LogP contribution in [0, 0.1) is 11.7 Å². The molecule has 1 aromatic carbocycles. The minimum absolute atomic E-state index is 0.173. The monoisotopic (exact) mass is 301 g/mol. The Balaban J connectivity index is 2.60. The van der Waals surface area contributed by atoms with Crippen molar-refractivity contribution in [3.63, 3.8) is 0 Å². The molecule has 17 heavy (non-hydrogen) atoms. The van der Waals surface area contributed by atoms with Gasteiger partial charge < -0.3 is 5.32 Å². The number of hydrogen-bond acceptors (Lipinski definition) is 1. The number of likely N-dealkylation sites (N-methyl/N-ethyl adjacent to an activating group) is 1. The molecule has 0 saturated heterocycles. The fraction of sp³-hybridized carbons (Fsp3) is 0.571. The predicted octanol–water partition coefficient (Wildman–Crippen LogP) is 4.15. The molecule has 0 aliphatic rings. The molecule has 1 aromatic rings. The molecule has 0 aliphatic carbocycles. The topological polar surface area (TPSA) is 12.0 Å². The highest BCUT2D eigenvalue weighted by atomic mass is 79.9. The van der Waals surface area contributed by atoms with Crippen molar-refractivity contribution in [3.05, 3.63) is 34.1 Å². The first-order chi connectivity index (χ1) is 8.01. The molecule has 1 unspecified atom stereocenters. The third kappa shape index (κ3) is 5.64. The van der Waals surface area contributed by atoms with Crippen LogP contribution in [0.2, 0.25) is 0 Å². The molecule has 1 N–H and O–H groups in total. The van der Waals surface area contributed by atoms with Crippen LogP contribution in [0.25, 0.3) is 0 Å². The van der Waals surface area contributed by atoms with Crippen LogP contribution < -0.4 is 5.32 Å². The molecule has 0 bridgehead atoms.